The smallest absolute Gasteiger partial charge is 0.250 e. The summed E-state index contributed by atoms with van der Waals surface area (Å²) >= 11 is 0. The summed E-state index contributed by atoms with van der Waals surface area (Å²) in [5, 5.41) is 2.30. The van der Waals surface area contributed by atoms with E-state index < -0.39 is 6.04 Å². The Kier molecular flexibility index (Phi) is 5.67. The number of amides is 3. The largest absolute Gasteiger partial charge is 0.324 e. The summed E-state index contributed by atoms with van der Waals surface area (Å²) in [6.45, 7) is 7.33. The van der Waals surface area contributed by atoms with Crippen LogP contribution in [0.3, 0.4) is 0 Å². The number of hydrogen-bond acceptors (Lipinski definition) is 3. The second-order valence-corrected chi connectivity index (χ2v) is 5.15. The van der Waals surface area contributed by atoms with Gasteiger partial charge in [-0.15, -0.1) is 0 Å². The van der Waals surface area contributed by atoms with Gasteiger partial charge < -0.3 is 4.90 Å². The molecule has 3 amide bonds. The number of rotatable bonds is 4. The molecule has 1 fully saturated rings. The Morgan fingerprint density at radius 1 is 1.40 bits per heavy atom. The molecule has 1 aliphatic rings. The van der Waals surface area contributed by atoms with Gasteiger partial charge in [-0.25, -0.2) is 0 Å². The normalized spacial score (nSPS) is 20.4. The van der Waals surface area contributed by atoms with Gasteiger partial charge >= 0.3 is 0 Å². The van der Waals surface area contributed by atoms with Crippen LogP contribution in [0, 0.1) is 0 Å². The van der Waals surface area contributed by atoms with E-state index in [-0.39, 0.29) is 30.2 Å². The molecule has 0 bridgehead atoms. The zero-order chi connectivity index (χ0) is 15.3. The lowest BCUT2D eigenvalue weighted by molar-refractivity contribution is -0.145. The Bertz CT molecular complexity index is 464. The topological polar surface area (TPSA) is 66.5 Å². The van der Waals surface area contributed by atoms with Gasteiger partial charge in [0.15, 0.2) is 0 Å². The van der Waals surface area contributed by atoms with Gasteiger partial charge in [0.2, 0.25) is 17.7 Å². The van der Waals surface area contributed by atoms with Crippen LogP contribution in [0.2, 0.25) is 0 Å². The molecule has 0 saturated carbocycles. The SMILES string of the molecule is C/C=C\C=C(/C)C(=O)N(C(C)C)C1CCC(=O)NC1=O. The fourth-order valence-electron chi connectivity index (χ4n) is 2.20. The number of nitrogens with zero attached hydrogens (tertiary/aromatic N) is 1. The van der Waals surface area contributed by atoms with Crippen molar-refractivity contribution in [3.8, 4) is 0 Å². The first-order valence-electron chi connectivity index (χ1n) is 6.84. The minimum Gasteiger partial charge on any atom is -0.324 e. The zero-order valence-corrected chi connectivity index (χ0v) is 12.5. The molecule has 20 heavy (non-hydrogen) atoms. The van der Waals surface area contributed by atoms with Crippen molar-refractivity contribution in [2.75, 3.05) is 0 Å². The summed E-state index contributed by atoms with van der Waals surface area (Å²) in [4.78, 5) is 37.2. The van der Waals surface area contributed by atoms with Crippen molar-refractivity contribution >= 4 is 17.7 Å². The number of carbonyl (C=O) groups is 3. The van der Waals surface area contributed by atoms with Crippen molar-refractivity contribution in [1.29, 1.82) is 0 Å². The van der Waals surface area contributed by atoms with Gasteiger partial charge in [-0.05, 0) is 34.1 Å². The molecular formula is C15H22N2O3. The highest BCUT2D eigenvalue weighted by Gasteiger charge is 2.35. The van der Waals surface area contributed by atoms with E-state index in [1.807, 2.05) is 26.8 Å². The molecule has 1 atom stereocenters. The average molecular weight is 278 g/mol. The third kappa shape index (κ3) is 3.79. The molecule has 110 valence electrons. The molecule has 0 aliphatic carbocycles. The monoisotopic (exact) mass is 278 g/mol. The molecule has 5 heteroatoms. The summed E-state index contributed by atoms with van der Waals surface area (Å²) in [5.41, 5.74) is 0.571. The third-order valence-electron chi connectivity index (χ3n) is 3.21. The van der Waals surface area contributed by atoms with Gasteiger partial charge in [-0.3, -0.25) is 19.7 Å². The molecule has 0 spiro atoms. The maximum atomic E-state index is 12.5. The lowest BCUT2D eigenvalue weighted by atomic mass is 10.0. The van der Waals surface area contributed by atoms with Gasteiger partial charge in [-0.1, -0.05) is 18.2 Å². The fraction of sp³-hybridized carbons (Fsp3) is 0.533. The van der Waals surface area contributed by atoms with Crippen LogP contribution in [-0.4, -0.2) is 34.7 Å². The van der Waals surface area contributed by atoms with Crippen LogP contribution in [0.25, 0.3) is 0 Å². The highest BCUT2D eigenvalue weighted by atomic mass is 16.2. The maximum Gasteiger partial charge on any atom is 0.250 e. The van der Waals surface area contributed by atoms with Crippen molar-refractivity contribution in [3.63, 3.8) is 0 Å². The van der Waals surface area contributed by atoms with Gasteiger partial charge in [0, 0.05) is 18.0 Å². The van der Waals surface area contributed by atoms with Crippen molar-refractivity contribution in [2.24, 2.45) is 0 Å². The van der Waals surface area contributed by atoms with E-state index in [1.54, 1.807) is 24.0 Å². The number of piperidine rings is 1. The summed E-state index contributed by atoms with van der Waals surface area (Å²) in [7, 11) is 0. The summed E-state index contributed by atoms with van der Waals surface area (Å²) in [6.07, 6.45) is 6.00. The highest BCUT2D eigenvalue weighted by Crippen LogP contribution is 2.18. The Morgan fingerprint density at radius 3 is 2.55 bits per heavy atom. The molecule has 0 aromatic rings. The molecule has 0 aromatic heterocycles. The van der Waals surface area contributed by atoms with Crippen LogP contribution in [0.5, 0.6) is 0 Å². The van der Waals surface area contributed by atoms with E-state index in [9.17, 15) is 14.4 Å². The predicted molar refractivity (Wildman–Crippen MR) is 76.7 cm³/mol. The van der Waals surface area contributed by atoms with E-state index in [2.05, 4.69) is 5.32 Å². The van der Waals surface area contributed by atoms with Gasteiger partial charge in [-0.2, -0.15) is 0 Å². The number of hydrogen-bond donors (Lipinski definition) is 1. The first kappa shape index (κ1) is 16.1. The Labute approximate surface area is 119 Å². The van der Waals surface area contributed by atoms with E-state index in [4.69, 9.17) is 0 Å². The molecule has 1 rings (SSSR count). The van der Waals surface area contributed by atoms with Crippen LogP contribution in [0.4, 0.5) is 0 Å². The molecule has 1 N–H and O–H groups in total. The predicted octanol–water partition coefficient (Wildman–Crippen LogP) is 1.55. The summed E-state index contributed by atoms with van der Waals surface area (Å²) < 4.78 is 0. The molecule has 0 radical (unpaired) electrons. The standard InChI is InChI=1S/C15H22N2O3/c1-5-6-7-11(4)15(20)17(10(2)3)12-8-9-13(18)16-14(12)19/h5-7,10,12H,8-9H2,1-4H3,(H,16,18,19)/b6-5-,11-7+. The van der Waals surface area contributed by atoms with Crippen molar-refractivity contribution in [1.82, 2.24) is 10.2 Å². The second-order valence-electron chi connectivity index (χ2n) is 5.15. The van der Waals surface area contributed by atoms with Crippen molar-refractivity contribution < 1.29 is 14.4 Å². The zero-order valence-electron chi connectivity index (χ0n) is 12.5. The van der Waals surface area contributed by atoms with Crippen molar-refractivity contribution in [3.05, 3.63) is 23.8 Å². The average Bonchev–Trinajstić information content (AvgIpc) is 2.38. The minimum atomic E-state index is -0.575. The Balaban J connectivity index is 2.97. The fourth-order valence-corrected chi connectivity index (χ4v) is 2.20. The Hall–Kier alpha value is -1.91. The lowest BCUT2D eigenvalue weighted by Gasteiger charge is -2.36. The van der Waals surface area contributed by atoms with E-state index in [0.29, 0.717) is 12.0 Å². The molecule has 0 aromatic carbocycles. The van der Waals surface area contributed by atoms with Crippen LogP contribution < -0.4 is 5.32 Å². The molecule has 5 nitrogen and oxygen atoms in total. The van der Waals surface area contributed by atoms with E-state index in [0.717, 1.165) is 0 Å². The first-order valence-corrected chi connectivity index (χ1v) is 6.84. The van der Waals surface area contributed by atoms with Crippen LogP contribution in [0.1, 0.15) is 40.5 Å². The van der Waals surface area contributed by atoms with E-state index >= 15 is 0 Å². The minimum absolute atomic E-state index is 0.111. The van der Waals surface area contributed by atoms with Crippen LogP contribution in [-0.2, 0) is 14.4 Å². The maximum absolute atomic E-state index is 12.5. The van der Waals surface area contributed by atoms with Gasteiger partial charge in [0.1, 0.15) is 6.04 Å². The number of imide groups is 1. The number of nitrogens with one attached hydrogen (secondary N) is 1. The molecule has 1 aliphatic heterocycles. The molecular weight excluding hydrogens is 256 g/mol. The Morgan fingerprint density at radius 2 is 2.05 bits per heavy atom. The van der Waals surface area contributed by atoms with Gasteiger partial charge in [0.05, 0.1) is 0 Å². The number of carbonyl (C=O) groups excluding carboxylic acids is 3. The molecule has 1 heterocycles. The van der Waals surface area contributed by atoms with Crippen LogP contribution in [0.15, 0.2) is 23.8 Å². The first-order chi connectivity index (χ1) is 9.38. The van der Waals surface area contributed by atoms with Crippen LogP contribution >= 0.6 is 0 Å². The lowest BCUT2D eigenvalue weighted by Crippen LogP contribution is -2.56. The van der Waals surface area contributed by atoms with Crippen molar-refractivity contribution in [2.45, 2.75) is 52.6 Å². The quantitative estimate of drug-likeness (QED) is 0.482. The molecule has 1 saturated heterocycles. The highest BCUT2D eigenvalue weighted by molar-refractivity contribution is 6.03. The summed E-state index contributed by atoms with van der Waals surface area (Å²) in [5.74, 6) is -0.835. The third-order valence-corrected chi connectivity index (χ3v) is 3.21. The second kappa shape index (κ2) is 7.03. The van der Waals surface area contributed by atoms with Gasteiger partial charge in [0.25, 0.3) is 0 Å². The van der Waals surface area contributed by atoms with E-state index in [1.165, 1.54) is 0 Å². The number of allylic oxidation sites excluding steroid dienone is 3. The molecule has 1 unspecified atom stereocenters. The summed E-state index contributed by atoms with van der Waals surface area (Å²) in [6, 6.07) is -0.686.